The lowest BCUT2D eigenvalue weighted by atomic mass is 10.2. The Bertz CT molecular complexity index is 925. The van der Waals surface area contributed by atoms with Crippen molar-refractivity contribution in [1.82, 2.24) is 0 Å². The van der Waals surface area contributed by atoms with Gasteiger partial charge in [0.05, 0.1) is 18.4 Å². The number of anilines is 1. The van der Waals surface area contributed by atoms with Crippen molar-refractivity contribution in [3.8, 4) is 11.5 Å². The first kappa shape index (κ1) is 20.7. The maximum absolute atomic E-state index is 12.8. The van der Waals surface area contributed by atoms with E-state index < -0.39 is 44.5 Å². The minimum absolute atomic E-state index is 0.263. The summed E-state index contributed by atoms with van der Waals surface area (Å²) in [7, 11) is -3.65. The van der Waals surface area contributed by atoms with Gasteiger partial charge in [-0.15, -0.1) is 13.2 Å². The first-order valence-electron chi connectivity index (χ1n) is 6.96. The Morgan fingerprint density at radius 2 is 1.56 bits per heavy atom. The van der Waals surface area contributed by atoms with Crippen molar-refractivity contribution in [3.05, 3.63) is 48.0 Å². The van der Waals surface area contributed by atoms with Crippen LogP contribution < -0.4 is 14.2 Å². The van der Waals surface area contributed by atoms with E-state index in [2.05, 4.69) is 4.74 Å². The van der Waals surface area contributed by atoms with Gasteiger partial charge in [-0.1, -0.05) is 12.1 Å². The van der Waals surface area contributed by atoms with E-state index in [0.29, 0.717) is 12.1 Å². The summed E-state index contributed by atoms with van der Waals surface area (Å²) in [5.41, 5.74) is -1.78. The molecule has 2 aromatic carbocycles. The molecule has 0 bridgehead atoms. The van der Waals surface area contributed by atoms with Crippen molar-refractivity contribution >= 4 is 15.7 Å². The van der Waals surface area contributed by atoms with E-state index >= 15 is 0 Å². The van der Waals surface area contributed by atoms with Crippen LogP contribution in [0.4, 0.5) is 32.0 Å². The molecule has 0 atom stereocenters. The maximum Gasteiger partial charge on any atom is 0.573 e. The first-order valence-corrected chi connectivity index (χ1v) is 8.44. The fourth-order valence-corrected chi connectivity index (χ4v) is 3.24. The van der Waals surface area contributed by atoms with Gasteiger partial charge in [-0.05, 0) is 30.3 Å². The second kappa shape index (κ2) is 7.18. The normalized spacial score (nSPS) is 12.6. The molecular weight excluding hydrogens is 404 g/mol. The highest BCUT2D eigenvalue weighted by Crippen LogP contribution is 2.37. The molecule has 5 nitrogen and oxygen atoms in total. The third-order valence-corrected chi connectivity index (χ3v) is 4.54. The van der Waals surface area contributed by atoms with E-state index in [0.717, 1.165) is 37.4 Å². The third kappa shape index (κ3) is 5.18. The average Bonchev–Trinajstić information content (AvgIpc) is 2.52. The molecular formula is C15H11F6NO4S. The summed E-state index contributed by atoms with van der Waals surface area (Å²) in [6.45, 7) is 0. The van der Waals surface area contributed by atoms with Gasteiger partial charge in [-0.3, -0.25) is 4.72 Å². The van der Waals surface area contributed by atoms with Crippen LogP contribution in [-0.4, -0.2) is 21.9 Å². The third-order valence-electron chi connectivity index (χ3n) is 3.14. The fourth-order valence-electron chi connectivity index (χ4n) is 2.04. The van der Waals surface area contributed by atoms with Crippen LogP contribution in [0.3, 0.4) is 0 Å². The number of nitrogens with one attached hydrogen (secondary N) is 1. The number of halogens is 6. The quantitative estimate of drug-likeness (QED) is 0.735. The van der Waals surface area contributed by atoms with Crippen molar-refractivity contribution in [2.45, 2.75) is 17.4 Å². The van der Waals surface area contributed by atoms with E-state index in [1.807, 2.05) is 0 Å². The average molecular weight is 415 g/mol. The predicted molar refractivity (Wildman–Crippen MR) is 81.9 cm³/mol. The van der Waals surface area contributed by atoms with E-state index in [1.165, 1.54) is 0 Å². The minimum Gasteiger partial charge on any atom is -0.495 e. The molecule has 2 aromatic rings. The topological polar surface area (TPSA) is 64.6 Å². The van der Waals surface area contributed by atoms with Crippen LogP contribution in [0.2, 0.25) is 0 Å². The monoisotopic (exact) mass is 415 g/mol. The molecule has 0 spiro atoms. The lowest BCUT2D eigenvalue weighted by Crippen LogP contribution is -2.21. The highest BCUT2D eigenvalue weighted by Gasteiger charge is 2.35. The standard InChI is InChI=1S/C15H11F6NO4S/c1-25-11-7-6-9(14(16,17)18)8-10(11)22-27(23,24)13-5-3-2-4-12(13)26-15(19,20)21/h2-8,22H,1H3. The number of hydrogen-bond donors (Lipinski definition) is 1. The minimum atomic E-state index is -5.17. The number of sulfonamides is 1. The van der Waals surface area contributed by atoms with Crippen LogP contribution in [0.15, 0.2) is 47.4 Å². The van der Waals surface area contributed by atoms with Gasteiger partial charge in [0, 0.05) is 0 Å². The lowest BCUT2D eigenvalue weighted by Gasteiger charge is -2.17. The van der Waals surface area contributed by atoms with Gasteiger partial charge in [0.15, 0.2) is 0 Å². The van der Waals surface area contributed by atoms with Gasteiger partial charge >= 0.3 is 12.5 Å². The largest absolute Gasteiger partial charge is 0.573 e. The van der Waals surface area contributed by atoms with Crippen LogP contribution in [0.5, 0.6) is 11.5 Å². The predicted octanol–water partition coefficient (Wildman–Crippen LogP) is 4.41. The fraction of sp³-hybridized carbons (Fsp3) is 0.200. The van der Waals surface area contributed by atoms with E-state index in [9.17, 15) is 34.8 Å². The highest BCUT2D eigenvalue weighted by atomic mass is 32.2. The molecule has 0 saturated heterocycles. The summed E-state index contributed by atoms with van der Waals surface area (Å²) in [4.78, 5) is -0.915. The Morgan fingerprint density at radius 3 is 2.11 bits per heavy atom. The summed E-state index contributed by atoms with van der Waals surface area (Å²) in [6, 6.07) is 5.79. The van der Waals surface area contributed by atoms with Crippen LogP contribution in [-0.2, 0) is 16.2 Å². The van der Waals surface area contributed by atoms with E-state index in [1.54, 1.807) is 4.72 Å². The molecule has 0 radical (unpaired) electrons. The van der Waals surface area contributed by atoms with E-state index in [-0.39, 0.29) is 5.75 Å². The lowest BCUT2D eigenvalue weighted by molar-refractivity contribution is -0.275. The number of ether oxygens (including phenoxy) is 2. The van der Waals surface area contributed by atoms with Gasteiger partial charge in [-0.25, -0.2) is 8.42 Å². The molecule has 27 heavy (non-hydrogen) atoms. The van der Waals surface area contributed by atoms with Gasteiger partial charge in [-0.2, -0.15) is 13.2 Å². The maximum atomic E-state index is 12.8. The van der Waals surface area contributed by atoms with Crippen molar-refractivity contribution in [3.63, 3.8) is 0 Å². The smallest absolute Gasteiger partial charge is 0.495 e. The van der Waals surface area contributed by atoms with Gasteiger partial charge in [0.25, 0.3) is 10.0 Å². The second-order valence-corrected chi connectivity index (χ2v) is 6.66. The summed E-state index contributed by atoms with van der Waals surface area (Å²) >= 11 is 0. The van der Waals surface area contributed by atoms with Crippen LogP contribution >= 0.6 is 0 Å². The van der Waals surface area contributed by atoms with Crippen LogP contribution in [0, 0.1) is 0 Å². The molecule has 1 N–H and O–H groups in total. The molecule has 12 heteroatoms. The molecule has 0 aliphatic rings. The number of hydrogen-bond acceptors (Lipinski definition) is 4. The second-order valence-electron chi connectivity index (χ2n) is 5.01. The first-order chi connectivity index (χ1) is 12.3. The Kier molecular flexibility index (Phi) is 5.50. The number of para-hydroxylation sites is 1. The molecule has 0 amide bonds. The molecule has 0 aromatic heterocycles. The molecule has 2 rings (SSSR count). The molecule has 0 fully saturated rings. The number of methoxy groups -OCH3 is 1. The van der Waals surface area contributed by atoms with Gasteiger partial charge in [0.2, 0.25) is 0 Å². The molecule has 148 valence electrons. The zero-order valence-corrected chi connectivity index (χ0v) is 14.2. The van der Waals surface area contributed by atoms with Gasteiger partial charge < -0.3 is 9.47 Å². The van der Waals surface area contributed by atoms with Crippen LogP contribution in [0.1, 0.15) is 5.56 Å². The Labute approximate surface area is 149 Å². The van der Waals surface area contributed by atoms with Crippen molar-refractivity contribution in [1.29, 1.82) is 0 Å². The summed E-state index contributed by atoms with van der Waals surface area (Å²) in [6.07, 6.45) is -9.94. The SMILES string of the molecule is COc1ccc(C(F)(F)F)cc1NS(=O)(=O)c1ccccc1OC(F)(F)F. The summed E-state index contributed by atoms with van der Waals surface area (Å²) in [5.74, 6) is -1.30. The molecule has 0 heterocycles. The number of rotatable bonds is 5. The summed E-state index contributed by atoms with van der Waals surface area (Å²) in [5, 5.41) is 0. The summed E-state index contributed by atoms with van der Waals surface area (Å²) < 4.78 is 111. The zero-order chi connectivity index (χ0) is 20.5. The van der Waals surface area contributed by atoms with Crippen LogP contribution in [0.25, 0.3) is 0 Å². The van der Waals surface area contributed by atoms with Crippen molar-refractivity contribution in [2.24, 2.45) is 0 Å². The van der Waals surface area contributed by atoms with E-state index in [4.69, 9.17) is 4.74 Å². The van der Waals surface area contributed by atoms with Crippen molar-refractivity contribution < 1.29 is 44.2 Å². The Morgan fingerprint density at radius 1 is 0.926 bits per heavy atom. The molecule has 0 aliphatic heterocycles. The van der Waals surface area contributed by atoms with Gasteiger partial charge in [0.1, 0.15) is 16.4 Å². The molecule has 0 unspecified atom stereocenters. The molecule has 0 aliphatic carbocycles. The Balaban J connectivity index is 2.49. The molecule has 0 saturated carbocycles. The highest BCUT2D eigenvalue weighted by molar-refractivity contribution is 7.92. The Hall–Kier alpha value is -2.63. The van der Waals surface area contributed by atoms with Crippen molar-refractivity contribution in [2.75, 3.05) is 11.8 Å². The number of alkyl halides is 6. The number of benzene rings is 2. The zero-order valence-electron chi connectivity index (χ0n) is 13.4.